The fourth-order valence-corrected chi connectivity index (χ4v) is 2.47. The highest BCUT2D eigenvalue weighted by Gasteiger charge is 2.30. The van der Waals surface area contributed by atoms with E-state index in [1.807, 2.05) is 0 Å². The van der Waals surface area contributed by atoms with Gasteiger partial charge in [-0.25, -0.2) is 4.79 Å². The number of carboxylic acid groups (broad SMARTS) is 1. The Morgan fingerprint density at radius 1 is 1.24 bits per heavy atom. The number of halogens is 3. The number of amides is 2. The quantitative estimate of drug-likeness (QED) is 0.816. The summed E-state index contributed by atoms with van der Waals surface area (Å²) in [4.78, 5) is 24.3. The number of aliphatic carboxylic acids is 1. The SMILES string of the molecule is O=C(O)C1CCN(C(=O)NCc2ccc(COCC(F)(F)F)cc2)C1. The highest BCUT2D eigenvalue weighted by Crippen LogP contribution is 2.17. The summed E-state index contributed by atoms with van der Waals surface area (Å²) >= 11 is 0. The molecule has 1 unspecified atom stereocenters. The molecule has 25 heavy (non-hydrogen) atoms. The van der Waals surface area contributed by atoms with Crippen molar-refractivity contribution in [3.8, 4) is 0 Å². The minimum atomic E-state index is -4.35. The van der Waals surface area contributed by atoms with Crippen LogP contribution in [0.4, 0.5) is 18.0 Å². The molecule has 9 heteroatoms. The summed E-state index contributed by atoms with van der Waals surface area (Å²) in [5, 5.41) is 11.6. The fraction of sp³-hybridized carbons (Fsp3) is 0.500. The second-order valence-corrected chi connectivity index (χ2v) is 5.85. The topological polar surface area (TPSA) is 78.9 Å². The molecule has 2 amide bonds. The van der Waals surface area contributed by atoms with Gasteiger partial charge >= 0.3 is 18.2 Å². The van der Waals surface area contributed by atoms with Crippen molar-refractivity contribution in [2.24, 2.45) is 5.92 Å². The number of carbonyl (C=O) groups excluding carboxylic acids is 1. The minimum absolute atomic E-state index is 0.142. The van der Waals surface area contributed by atoms with E-state index in [-0.39, 0.29) is 25.7 Å². The molecule has 0 radical (unpaired) electrons. The molecule has 6 nitrogen and oxygen atoms in total. The normalized spacial score (nSPS) is 17.6. The number of carboxylic acids is 1. The highest BCUT2D eigenvalue weighted by atomic mass is 19.4. The van der Waals surface area contributed by atoms with Crippen LogP contribution in [0.15, 0.2) is 24.3 Å². The van der Waals surface area contributed by atoms with Crippen LogP contribution in [0.5, 0.6) is 0 Å². The van der Waals surface area contributed by atoms with Gasteiger partial charge in [-0.15, -0.1) is 0 Å². The van der Waals surface area contributed by atoms with Crippen LogP contribution < -0.4 is 5.32 Å². The first kappa shape index (κ1) is 19.0. The van der Waals surface area contributed by atoms with Crippen molar-refractivity contribution in [1.29, 1.82) is 0 Å². The van der Waals surface area contributed by atoms with E-state index in [1.165, 1.54) is 4.90 Å². The Labute approximate surface area is 142 Å². The van der Waals surface area contributed by atoms with Gasteiger partial charge in [0.25, 0.3) is 0 Å². The van der Waals surface area contributed by atoms with Crippen LogP contribution in [-0.4, -0.2) is 47.9 Å². The molecule has 1 fully saturated rings. The molecule has 1 aromatic rings. The molecular formula is C16H19F3N2O4. The molecule has 1 aromatic carbocycles. The van der Waals surface area contributed by atoms with Crippen LogP contribution in [0.1, 0.15) is 17.5 Å². The fourth-order valence-electron chi connectivity index (χ4n) is 2.47. The molecule has 1 saturated heterocycles. The standard InChI is InChI=1S/C16H19F3N2O4/c17-16(18,19)10-25-9-12-3-1-11(2-4-12)7-20-15(24)21-6-5-13(8-21)14(22)23/h1-4,13H,5-10H2,(H,20,24)(H,22,23). The lowest BCUT2D eigenvalue weighted by atomic mass is 10.1. The van der Waals surface area contributed by atoms with Crippen molar-refractivity contribution in [2.75, 3.05) is 19.7 Å². The van der Waals surface area contributed by atoms with Gasteiger partial charge in [0.05, 0.1) is 12.5 Å². The summed E-state index contributed by atoms with van der Waals surface area (Å²) in [7, 11) is 0. The van der Waals surface area contributed by atoms with E-state index in [1.54, 1.807) is 24.3 Å². The molecule has 1 aliphatic heterocycles. The third-order valence-electron chi connectivity index (χ3n) is 3.83. The largest absolute Gasteiger partial charge is 0.481 e. The van der Waals surface area contributed by atoms with E-state index in [4.69, 9.17) is 5.11 Å². The Morgan fingerprint density at radius 3 is 2.44 bits per heavy atom. The Balaban J connectivity index is 1.74. The van der Waals surface area contributed by atoms with Gasteiger partial charge in [-0.1, -0.05) is 24.3 Å². The van der Waals surface area contributed by atoms with Crippen LogP contribution in [0.3, 0.4) is 0 Å². The summed E-state index contributed by atoms with van der Waals surface area (Å²) in [6, 6.07) is 6.32. The predicted molar refractivity (Wildman–Crippen MR) is 81.7 cm³/mol. The molecule has 0 saturated carbocycles. The van der Waals surface area contributed by atoms with Crippen molar-refractivity contribution < 1.29 is 32.6 Å². The second kappa shape index (κ2) is 8.19. The highest BCUT2D eigenvalue weighted by molar-refractivity contribution is 5.77. The van der Waals surface area contributed by atoms with Gasteiger partial charge in [0.2, 0.25) is 0 Å². The van der Waals surface area contributed by atoms with E-state index in [0.29, 0.717) is 18.5 Å². The van der Waals surface area contributed by atoms with E-state index >= 15 is 0 Å². The molecule has 138 valence electrons. The van der Waals surface area contributed by atoms with Gasteiger partial charge in [0.1, 0.15) is 6.61 Å². The lowest BCUT2D eigenvalue weighted by Crippen LogP contribution is -2.38. The van der Waals surface area contributed by atoms with Crippen molar-refractivity contribution >= 4 is 12.0 Å². The van der Waals surface area contributed by atoms with E-state index in [9.17, 15) is 22.8 Å². The predicted octanol–water partition coefficient (Wildman–Crippen LogP) is 2.38. The van der Waals surface area contributed by atoms with Crippen LogP contribution in [0.25, 0.3) is 0 Å². The molecule has 0 spiro atoms. The molecule has 2 rings (SSSR count). The number of rotatable bonds is 6. The smallest absolute Gasteiger partial charge is 0.411 e. The third-order valence-corrected chi connectivity index (χ3v) is 3.83. The number of benzene rings is 1. The van der Waals surface area contributed by atoms with E-state index in [0.717, 1.165) is 5.56 Å². The van der Waals surface area contributed by atoms with E-state index < -0.39 is 24.7 Å². The van der Waals surface area contributed by atoms with Crippen molar-refractivity contribution in [3.05, 3.63) is 35.4 Å². The van der Waals surface area contributed by atoms with Crippen LogP contribution in [0, 0.1) is 5.92 Å². The number of hydrogen-bond acceptors (Lipinski definition) is 3. The zero-order valence-corrected chi connectivity index (χ0v) is 13.4. The summed E-state index contributed by atoms with van der Waals surface area (Å²) in [5.74, 6) is -1.43. The first-order valence-corrected chi connectivity index (χ1v) is 7.72. The third kappa shape index (κ3) is 6.26. The molecule has 0 aliphatic carbocycles. The Kier molecular flexibility index (Phi) is 6.24. The van der Waals surface area contributed by atoms with Gasteiger partial charge in [-0.05, 0) is 17.5 Å². The monoisotopic (exact) mass is 360 g/mol. The number of nitrogens with one attached hydrogen (secondary N) is 1. The molecule has 2 N–H and O–H groups in total. The van der Waals surface area contributed by atoms with Gasteiger partial charge in [0, 0.05) is 19.6 Å². The van der Waals surface area contributed by atoms with Gasteiger partial charge in [0.15, 0.2) is 0 Å². The maximum Gasteiger partial charge on any atom is 0.411 e. The van der Waals surface area contributed by atoms with Gasteiger partial charge in [-0.3, -0.25) is 4.79 Å². The minimum Gasteiger partial charge on any atom is -0.481 e. The number of likely N-dealkylation sites (tertiary alicyclic amines) is 1. The average molecular weight is 360 g/mol. The Morgan fingerprint density at radius 2 is 1.88 bits per heavy atom. The first-order chi connectivity index (χ1) is 11.7. The van der Waals surface area contributed by atoms with Crippen LogP contribution >= 0.6 is 0 Å². The maximum atomic E-state index is 12.0. The number of urea groups is 1. The van der Waals surface area contributed by atoms with Gasteiger partial charge in [-0.2, -0.15) is 13.2 Å². The summed E-state index contributed by atoms with van der Waals surface area (Å²) in [6.07, 6.45) is -3.91. The molecule has 0 aromatic heterocycles. The zero-order chi connectivity index (χ0) is 18.4. The van der Waals surface area contributed by atoms with Crippen molar-refractivity contribution in [2.45, 2.75) is 25.7 Å². The van der Waals surface area contributed by atoms with Crippen molar-refractivity contribution in [1.82, 2.24) is 10.2 Å². The maximum absolute atomic E-state index is 12.0. The Bertz CT molecular complexity index is 604. The summed E-state index contributed by atoms with van der Waals surface area (Å²) in [5.41, 5.74) is 1.38. The molecule has 1 aliphatic rings. The Hall–Kier alpha value is -2.29. The second-order valence-electron chi connectivity index (χ2n) is 5.85. The molecule has 1 heterocycles. The first-order valence-electron chi connectivity index (χ1n) is 7.72. The number of carbonyl (C=O) groups is 2. The zero-order valence-electron chi connectivity index (χ0n) is 13.4. The van der Waals surface area contributed by atoms with Gasteiger partial charge < -0.3 is 20.1 Å². The summed E-state index contributed by atoms with van der Waals surface area (Å²) in [6.45, 7) is -0.597. The number of ether oxygens (including phenoxy) is 1. The summed E-state index contributed by atoms with van der Waals surface area (Å²) < 4.78 is 40.5. The van der Waals surface area contributed by atoms with Crippen molar-refractivity contribution in [3.63, 3.8) is 0 Å². The lowest BCUT2D eigenvalue weighted by Gasteiger charge is -2.16. The number of alkyl halides is 3. The number of hydrogen-bond donors (Lipinski definition) is 2. The molecule has 1 atom stereocenters. The average Bonchev–Trinajstić information content (AvgIpc) is 3.03. The van der Waals surface area contributed by atoms with Crippen LogP contribution in [-0.2, 0) is 22.7 Å². The molecule has 0 bridgehead atoms. The lowest BCUT2D eigenvalue weighted by molar-refractivity contribution is -0.176. The number of nitrogens with zero attached hydrogens (tertiary/aromatic N) is 1. The van der Waals surface area contributed by atoms with Crippen LogP contribution in [0.2, 0.25) is 0 Å². The van der Waals surface area contributed by atoms with E-state index in [2.05, 4.69) is 10.1 Å². The molecular weight excluding hydrogens is 341 g/mol.